The number of amides is 3. The van der Waals surface area contributed by atoms with E-state index in [4.69, 9.17) is 4.74 Å². The van der Waals surface area contributed by atoms with Crippen molar-refractivity contribution in [3.8, 4) is 11.3 Å². The number of anilines is 2. The average molecular weight is 801 g/mol. The van der Waals surface area contributed by atoms with E-state index in [0.29, 0.717) is 53.1 Å². The highest BCUT2D eigenvalue weighted by Crippen LogP contribution is 2.33. The predicted octanol–water partition coefficient (Wildman–Crippen LogP) is 7.26. The van der Waals surface area contributed by atoms with Gasteiger partial charge in [-0.25, -0.2) is 0 Å². The monoisotopic (exact) mass is 800 g/mol. The molecule has 3 amide bonds. The standard InChI is InChI=1S/C44H51F3N6O5/c1-6-52(7-2)34-16-17-36(35(27-34)37-26-32(18-19-48-37)41(56)50-28-30-12-9-14-33(24-30)44(45,46)47)51-39(54)25-29-11-8-13-31(23-29)40(55)49-20-22-53-21-10-15-38(53)42(57)58-43(3,4)5/h8-9,11-14,16-19,23-24,26-27,38H,6-7,10,15,20-22,25,28H2,1-5H3,(H,49,55)(H,50,56)(H,51,54). The van der Waals surface area contributed by atoms with Crippen molar-refractivity contribution in [2.75, 3.05) is 42.9 Å². The summed E-state index contributed by atoms with van der Waals surface area (Å²) in [4.78, 5) is 61.2. The van der Waals surface area contributed by atoms with Crippen LogP contribution in [-0.4, -0.2) is 77.9 Å². The molecule has 1 unspecified atom stereocenters. The minimum absolute atomic E-state index is 0.0326. The molecular weight excluding hydrogens is 750 g/mol. The topological polar surface area (TPSA) is 133 Å². The first-order chi connectivity index (χ1) is 27.5. The van der Waals surface area contributed by atoms with Gasteiger partial charge in [0, 0.05) is 61.3 Å². The van der Waals surface area contributed by atoms with E-state index in [1.165, 1.54) is 24.4 Å². The van der Waals surface area contributed by atoms with Crippen LogP contribution in [-0.2, 0) is 33.5 Å². The summed E-state index contributed by atoms with van der Waals surface area (Å²) in [6.45, 7) is 12.5. The molecule has 3 N–H and O–H groups in total. The van der Waals surface area contributed by atoms with Crippen LogP contribution in [0.4, 0.5) is 24.5 Å². The number of likely N-dealkylation sites (tertiary alicyclic amines) is 1. The molecule has 0 aliphatic carbocycles. The third-order valence-corrected chi connectivity index (χ3v) is 9.69. The Hall–Kier alpha value is -5.76. The van der Waals surface area contributed by atoms with E-state index in [1.807, 2.05) is 51.7 Å². The second kappa shape index (κ2) is 19.1. The number of benzene rings is 3. The van der Waals surface area contributed by atoms with E-state index in [0.717, 1.165) is 43.9 Å². The minimum atomic E-state index is -4.50. The van der Waals surface area contributed by atoms with Crippen LogP contribution in [0.25, 0.3) is 11.3 Å². The Morgan fingerprint density at radius 3 is 2.29 bits per heavy atom. The van der Waals surface area contributed by atoms with E-state index < -0.39 is 23.2 Å². The summed E-state index contributed by atoms with van der Waals surface area (Å²) in [5.41, 5.74) is 2.47. The van der Waals surface area contributed by atoms with Crippen LogP contribution in [0.15, 0.2) is 85.1 Å². The number of ether oxygens (including phenoxy) is 1. The lowest BCUT2D eigenvalue weighted by Crippen LogP contribution is -2.43. The van der Waals surface area contributed by atoms with Crippen LogP contribution in [0.1, 0.15) is 84.9 Å². The van der Waals surface area contributed by atoms with Crippen molar-refractivity contribution in [3.63, 3.8) is 0 Å². The number of nitrogens with zero attached hydrogens (tertiary/aromatic N) is 3. The van der Waals surface area contributed by atoms with Crippen molar-refractivity contribution in [1.82, 2.24) is 20.5 Å². The van der Waals surface area contributed by atoms with Crippen LogP contribution in [0.3, 0.4) is 0 Å². The number of nitrogens with one attached hydrogen (secondary N) is 3. The average Bonchev–Trinajstić information content (AvgIpc) is 3.66. The summed E-state index contributed by atoms with van der Waals surface area (Å²) in [6.07, 6.45) is -1.48. The van der Waals surface area contributed by atoms with Gasteiger partial charge in [-0.15, -0.1) is 0 Å². The zero-order valence-electron chi connectivity index (χ0n) is 33.5. The van der Waals surface area contributed by atoms with Gasteiger partial charge in [0.05, 0.1) is 23.4 Å². The van der Waals surface area contributed by atoms with Crippen molar-refractivity contribution in [1.29, 1.82) is 0 Å². The number of aromatic nitrogens is 1. The molecule has 1 fully saturated rings. The lowest BCUT2D eigenvalue weighted by atomic mass is 10.0. The fraction of sp³-hybridized carbons (Fsp3) is 0.386. The Balaban J connectivity index is 1.25. The highest BCUT2D eigenvalue weighted by Gasteiger charge is 2.34. The molecule has 11 nitrogen and oxygen atoms in total. The van der Waals surface area contributed by atoms with Gasteiger partial charge in [0.2, 0.25) is 5.91 Å². The van der Waals surface area contributed by atoms with Crippen molar-refractivity contribution < 1.29 is 37.1 Å². The van der Waals surface area contributed by atoms with Gasteiger partial charge < -0.3 is 25.6 Å². The number of esters is 1. The molecule has 1 atom stereocenters. The van der Waals surface area contributed by atoms with Crippen molar-refractivity contribution in [2.24, 2.45) is 0 Å². The smallest absolute Gasteiger partial charge is 0.416 e. The third kappa shape index (κ3) is 11.9. The number of carbonyl (C=O) groups excluding carboxylic acids is 4. The Bertz CT molecular complexity index is 2100. The van der Waals surface area contributed by atoms with E-state index in [1.54, 1.807) is 36.4 Å². The number of rotatable bonds is 15. The fourth-order valence-corrected chi connectivity index (χ4v) is 6.85. The summed E-state index contributed by atoms with van der Waals surface area (Å²) >= 11 is 0. The van der Waals surface area contributed by atoms with Gasteiger partial charge in [0.15, 0.2) is 0 Å². The second-order valence-corrected chi connectivity index (χ2v) is 15.1. The molecule has 1 saturated heterocycles. The minimum Gasteiger partial charge on any atom is -0.459 e. The number of pyridine rings is 1. The highest BCUT2D eigenvalue weighted by atomic mass is 19.4. The molecule has 14 heteroatoms. The van der Waals surface area contributed by atoms with Crippen LogP contribution in [0, 0.1) is 0 Å². The summed E-state index contributed by atoms with van der Waals surface area (Å²) < 4.78 is 45.2. The van der Waals surface area contributed by atoms with Gasteiger partial charge in [-0.2, -0.15) is 13.2 Å². The molecule has 4 aromatic rings. The van der Waals surface area contributed by atoms with Gasteiger partial charge >= 0.3 is 12.1 Å². The van der Waals surface area contributed by atoms with Gasteiger partial charge in [0.1, 0.15) is 11.6 Å². The Kier molecular flexibility index (Phi) is 14.3. The van der Waals surface area contributed by atoms with E-state index in [9.17, 15) is 32.3 Å². The maximum Gasteiger partial charge on any atom is 0.416 e. The normalized spacial score (nSPS) is 14.4. The van der Waals surface area contributed by atoms with Crippen molar-refractivity contribution in [3.05, 3.63) is 113 Å². The first kappa shape index (κ1) is 43.4. The summed E-state index contributed by atoms with van der Waals surface area (Å²) in [6, 6.07) is 19.9. The van der Waals surface area contributed by atoms with Gasteiger partial charge in [-0.3, -0.25) is 29.1 Å². The molecule has 0 radical (unpaired) electrons. The van der Waals surface area contributed by atoms with Crippen molar-refractivity contribution in [2.45, 2.75) is 78.2 Å². The number of hydrogen-bond acceptors (Lipinski definition) is 8. The quantitative estimate of drug-likeness (QED) is 0.107. The molecule has 308 valence electrons. The first-order valence-electron chi connectivity index (χ1n) is 19.5. The molecule has 58 heavy (non-hydrogen) atoms. The molecule has 2 heterocycles. The number of carbonyl (C=O) groups is 4. The molecular formula is C44H51F3N6O5. The number of halogens is 3. The Morgan fingerprint density at radius 1 is 0.862 bits per heavy atom. The van der Waals surface area contributed by atoms with Gasteiger partial charge in [-0.1, -0.05) is 24.3 Å². The fourth-order valence-electron chi connectivity index (χ4n) is 6.85. The Labute approximate surface area is 337 Å². The van der Waals surface area contributed by atoms with Gasteiger partial charge in [-0.05, 0) is 120 Å². The van der Waals surface area contributed by atoms with Crippen molar-refractivity contribution >= 4 is 35.1 Å². The molecule has 1 aliphatic rings. The molecule has 5 rings (SSSR count). The van der Waals surface area contributed by atoms with Crippen LogP contribution >= 0.6 is 0 Å². The van der Waals surface area contributed by atoms with E-state index in [-0.39, 0.29) is 42.4 Å². The molecule has 3 aromatic carbocycles. The summed E-state index contributed by atoms with van der Waals surface area (Å²) in [7, 11) is 0. The third-order valence-electron chi connectivity index (χ3n) is 9.69. The second-order valence-electron chi connectivity index (χ2n) is 15.1. The first-order valence-corrected chi connectivity index (χ1v) is 19.5. The highest BCUT2D eigenvalue weighted by molar-refractivity contribution is 5.99. The lowest BCUT2D eigenvalue weighted by molar-refractivity contribution is -0.160. The Morgan fingerprint density at radius 2 is 1.57 bits per heavy atom. The molecule has 0 bridgehead atoms. The van der Waals surface area contributed by atoms with Crippen LogP contribution in [0.5, 0.6) is 0 Å². The zero-order valence-corrected chi connectivity index (χ0v) is 33.5. The SMILES string of the molecule is CCN(CC)c1ccc(NC(=O)Cc2cccc(C(=O)NCCN3CCCC3C(=O)OC(C)(C)C)c2)c(-c2cc(C(=O)NCc3cccc(C(F)(F)F)c3)ccn2)c1. The van der Waals surface area contributed by atoms with E-state index in [2.05, 4.69) is 25.8 Å². The zero-order chi connectivity index (χ0) is 42.0. The number of alkyl halides is 3. The van der Waals surface area contributed by atoms with Gasteiger partial charge in [0.25, 0.3) is 11.8 Å². The maximum atomic E-state index is 13.5. The van der Waals surface area contributed by atoms with E-state index >= 15 is 0 Å². The molecule has 0 spiro atoms. The molecule has 1 aromatic heterocycles. The molecule has 1 aliphatic heterocycles. The maximum absolute atomic E-state index is 13.5. The number of hydrogen-bond donors (Lipinski definition) is 3. The lowest BCUT2D eigenvalue weighted by Gasteiger charge is -2.27. The molecule has 0 saturated carbocycles. The van der Waals surface area contributed by atoms with Crippen LogP contribution in [0.2, 0.25) is 0 Å². The largest absolute Gasteiger partial charge is 0.459 e. The summed E-state index contributed by atoms with van der Waals surface area (Å²) in [5.74, 6) is -1.39. The predicted molar refractivity (Wildman–Crippen MR) is 217 cm³/mol. The van der Waals surface area contributed by atoms with Crippen LogP contribution < -0.4 is 20.9 Å². The summed E-state index contributed by atoms with van der Waals surface area (Å²) in [5, 5.41) is 8.59.